The highest BCUT2D eigenvalue weighted by Gasteiger charge is 2.12. The van der Waals surface area contributed by atoms with Crippen LogP contribution in [0.1, 0.15) is 61.3 Å². The molecule has 1 rings (SSSR count). The lowest BCUT2D eigenvalue weighted by molar-refractivity contribution is 0.0433. The number of benzene rings is 1. The molecule has 2 atom stereocenters. The first-order chi connectivity index (χ1) is 10.5. The molecule has 0 amide bonds. The zero-order valence-corrected chi connectivity index (χ0v) is 13.9. The fraction of sp³-hybridized carbons (Fsp3) is 0.556. The van der Waals surface area contributed by atoms with Gasteiger partial charge in [-0.2, -0.15) is 0 Å². The Bertz CT molecular complexity index is 433. The molecular formula is C18H26O4. The van der Waals surface area contributed by atoms with Crippen LogP contribution in [0, 0.1) is 11.8 Å². The van der Waals surface area contributed by atoms with Crippen molar-refractivity contribution in [3.05, 3.63) is 35.4 Å². The van der Waals surface area contributed by atoms with Crippen LogP contribution in [0.3, 0.4) is 0 Å². The topological polar surface area (TPSA) is 52.6 Å². The van der Waals surface area contributed by atoms with Crippen molar-refractivity contribution in [2.75, 3.05) is 13.2 Å². The summed E-state index contributed by atoms with van der Waals surface area (Å²) >= 11 is 0. The van der Waals surface area contributed by atoms with Crippen LogP contribution in [0.4, 0.5) is 0 Å². The molecule has 0 radical (unpaired) electrons. The fourth-order valence-electron chi connectivity index (χ4n) is 1.58. The first kappa shape index (κ1) is 18.2. The molecule has 0 fully saturated rings. The van der Waals surface area contributed by atoms with E-state index in [4.69, 9.17) is 9.47 Å². The number of rotatable bonds is 8. The summed E-state index contributed by atoms with van der Waals surface area (Å²) in [5, 5.41) is 0. The number of carbonyl (C=O) groups is 2. The Morgan fingerprint density at radius 2 is 1.14 bits per heavy atom. The maximum absolute atomic E-state index is 11.9. The molecular weight excluding hydrogens is 280 g/mol. The third-order valence-corrected chi connectivity index (χ3v) is 3.75. The van der Waals surface area contributed by atoms with Crippen LogP contribution >= 0.6 is 0 Å². The lowest BCUT2D eigenvalue weighted by Crippen LogP contribution is -2.13. The van der Waals surface area contributed by atoms with Crippen LogP contribution in [0.5, 0.6) is 0 Å². The molecule has 0 saturated carbocycles. The van der Waals surface area contributed by atoms with Gasteiger partial charge < -0.3 is 9.47 Å². The van der Waals surface area contributed by atoms with E-state index in [1.807, 2.05) is 13.8 Å². The van der Waals surface area contributed by atoms with Crippen molar-refractivity contribution >= 4 is 11.9 Å². The predicted molar refractivity (Wildman–Crippen MR) is 85.9 cm³/mol. The molecule has 1 aromatic rings. The summed E-state index contributed by atoms with van der Waals surface area (Å²) in [6.45, 7) is 8.99. The van der Waals surface area contributed by atoms with E-state index in [0.29, 0.717) is 36.2 Å². The van der Waals surface area contributed by atoms with E-state index < -0.39 is 0 Å². The molecule has 22 heavy (non-hydrogen) atoms. The summed E-state index contributed by atoms with van der Waals surface area (Å²) in [6.07, 6.45) is 1.93. The van der Waals surface area contributed by atoms with Gasteiger partial charge in [0.2, 0.25) is 0 Å². The molecule has 0 aliphatic heterocycles. The second-order valence-electron chi connectivity index (χ2n) is 5.80. The summed E-state index contributed by atoms with van der Waals surface area (Å²) < 4.78 is 10.4. The van der Waals surface area contributed by atoms with Gasteiger partial charge in [0.25, 0.3) is 0 Å². The monoisotopic (exact) mass is 306 g/mol. The highest BCUT2D eigenvalue weighted by Crippen LogP contribution is 2.10. The van der Waals surface area contributed by atoms with Gasteiger partial charge in [0.15, 0.2) is 0 Å². The average Bonchev–Trinajstić information content (AvgIpc) is 2.56. The summed E-state index contributed by atoms with van der Waals surface area (Å²) in [4.78, 5) is 23.7. The second kappa shape index (κ2) is 9.23. The molecule has 0 spiro atoms. The summed E-state index contributed by atoms with van der Waals surface area (Å²) in [6, 6.07) is 6.38. The Balaban J connectivity index is 2.55. The molecule has 1 aromatic carbocycles. The maximum Gasteiger partial charge on any atom is 0.338 e. The molecule has 0 N–H and O–H groups in total. The van der Waals surface area contributed by atoms with Gasteiger partial charge in [0.05, 0.1) is 24.3 Å². The smallest absolute Gasteiger partial charge is 0.338 e. The molecule has 0 aromatic heterocycles. The van der Waals surface area contributed by atoms with Gasteiger partial charge in [0, 0.05) is 0 Å². The number of esters is 2. The fourth-order valence-corrected chi connectivity index (χ4v) is 1.58. The van der Waals surface area contributed by atoms with Gasteiger partial charge in [-0.05, 0) is 36.1 Å². The Morgan fingerprint density at radius 3 is 1.41 bits per heavy atom. The van der Waals surface area contributed by atoms with E-state index >= 15 is 0 Å². The molecule has 0 bridgehead atoms. The Labute approximate surface area is 132 Å². The minimum Gasteiger partial charge on any atom is -0.462 e. The summed E-state index contributed by atoms with van der Waals surface area (Å²) in [5.74, 6) is -0.0304. The van der Waals surface area contributed by atoms with Gasteiger partial charge in [-0.1, -0.05) is 40.5 Å². The zero-order chi connectivity index (χ0) is 16.5. The first-order valence-corrected chi connectivity index (χ1v) is 7.92. The Kier molecular flexibility index (Phi) is 7.64. The molecule has 4 nitrogen and oxygen atoms in total. The van der Waals surface area contributed by atoms with Crippen molar-refractivity contribution in [3.8, 4) is 0 Å². The Hall–Kier alpha value is -1.84. The number of hydrogen-bond donors (Lipinski definition) is 0. The van der Waals surface area contributed by atoms with E-state index in [9.17, 15) is 9.59 Å². The highest BCUT2D eigenvalue weighted by molar-refractivity contribution is 5.93. The minimum atomic E-state index is -0.361. The van der Waals surface area contributed by atoms with Crippen molar-refractivity contribution in [2.45, 2.75) is 40.5 Å². The lowest BCUT2D eigenvalue weighted by Gasteiger charge is -2.11. The number of hydrogen-bond acceptors (Lipinski definition) is 4. The summed E-state index contributed by atoms with van der Waals surface area (Å²) in [7, 11) is 0. The van der Waals surface area contributed by atoms with Crippen LogP contribution in [0.15, 0.2) is 24.3 Å². The number of ether oxygens (including phenoxy) is 2. The molecule has 0 aliphatic rings. The third kappa shape index (κ3) is 5.88. The molecule has 0 aliphatic carbocycles. The van der Waals surface area contributed by atoms with E-state index in [1.54, 1.807) is 24.3 Å². The SMILES string of the molecule is CCC(C)COC(=O)c1ccc(C(=O)OC[C@@H](C)CC)cc1. The second-order valence-corrected chi connectivity index (χ2v) is 5.80. The van der Waals surface area contributed by atoms with Crippen molar-refractivity contribution in [1.82, 2.24) is 0 Å². The number of carbonyl (C=O) groups excluding carboxylic acids is 2. The van der Waals surface area contributed by atoms with E-state index in [1.165, 1.54) is 0 Å². The van der Waals surface area contributed by atoms with Gasteiger partial charge in [0.1, 0.15) is 0 Å². The normalized spacial score (nSPS) is 13.3. The standard InChI is InChI=1S/C18H26O4/c1-5-13(3)11-21-17(19)15-7-9-16(10-8-15)18(20)22-12-14(4)6-2/h7-10,13-14H,5-6,11-12H2,1-4H3/t13-,14?/m0/s1. The minimum absolute atomic E-state index is 0.346. The summed E-state index contributed by atoms with van der Waals surface area (Å²) in [5.41, 5.74) is 0.892. The van der Waals surface area contributed by atoms with Crippen LogP contribution < -0.4 is 0 Å². The molecule has 0 heterocycles. The van der Waals surface area contributed by atoms with Crippen molar-refractivity contribution in [1.29, 1.82) is 0 Å². The van der Waals surface area contributed by atoms with E-state index in [0.717, 1.165) is 12.8 Å². The van der Waals surface area contributed by atoms with E-state index in [2.05, 4.69) is 13.8 Å². The van der Waals surface area contributed by atoms with Crippen molar-refractivity contribution in [3.63, 3.8) is 0 Å². The van der Waals surface area contributed by atoms with Crippen molar-refractivity contribution in [2.24, 2.45) is 11.8 Å². The average molecular weight is 306 g/mol. The third-order valence-electron chi connectivity index (χ3n) is 3.75. The van der Waals surface area contributed by atoms with Crippen LogP contribution in [0.25, 0.3) is 0 Å². The van der Waals surface area contributed by atoms with Gasteiger partial charge in [-0.15, -0.1) is 0 Å². The maximum atomic E-state index is 11.9. The lowest BCUT2D eigenvalue weighted by atomic mass is 10.1. The van der Waals surface area contributed by atoms with Gasteiger partial charge in [-0.25, -0.2) is 9.59 Å². The first-order valence-electron chi connectivity index (χ1n) is 7.92. The largest absolute Gasteiger partial charge is 0.462 e. The zero-order valence-electron chi connectivity index (χ0n) is 13.9. The van der Waals surface area contributed by atoms with Crippen LogP contribution in [0.2, 0.25) is 0 Å². The molecule has 1 unspecified atom stereocenters. The molecule has 0 saturated heterocycles. The predicted octanol–water partition coefficient (Wildman–Crippen LogP) is 4.09. The highest BCUT2D eigenvalue weighted by atomic mass is 16.5. The molecule has 4 heteroatoms. The van der Waals surface area contributed by atoms with Gasteiger partial charge >= 0.3 is 11.9 Å². The molecule has 122 valence electrons. The van der Waals surface area contributed by atoms with Gasteiger partial charge in [-0.3, -0.25) is 0 Å². The quantitative estimate of drug-likeness (QED) is 0.679. The van der Waals surface area contributed by atoms with Crippen LogP contribution in [-0.4, -0.2) is 25.2 Å². The van der Waals surface area contributed by atoms with Crippen molar-refractivity contribution < 1.29 is 19.1 Å². The Morgan fingerprint density at radius 1 is 0.818 bits per heavy atom. The van der Waals surface area contributed by atoms with Crippen LogP contribution in [-0.2, 0) is 9.47 Å². The van der Waals surface area contributed by atoms with E-state index in [-0.39, 0.29) is 11.9 Å².